The number of carbonyl (C=O) groups is 1. The van der Waals surface area contributed by atoms with Crippen LogP contribution in [0.2, 0.25) is 0 Å². The Bertz CT molecular complexity index is 682. The van der Waals surface area contributed by atoms with Gasteiger partial charge in [-0.25, -0.2) is 0 Å². The smallest absolute Gasteiger partial charge is 0.253 e. The molecule has 0 aromatic heterocycles. The molecule has 168 valence electrons. The lowest BCUT2D eigenvalue weighted by Gasteiger charge is -2.35. The number of amides is 1. The lowest BCUT2D eigenvalue weighted by Crippen LogP contribution is -2.48. The van der Waals surface area contributed by atoms with Gasteiger partial charge in [0.05, 0.1) is 0 Å². The van der Waals surface area contributed by atoms with Crippen molar-refractivity contribution in [1.82, 2.24) is 25.3 Å². The number of rotatable bonds is 9. The number of guanidine groups is 1. The average molecular weight is 417 g/mol. The molecule has 2 rings (SSSR count). The number of carbonyl (C=O) groups excluding carboxylic acids is 1. The van der Waals surface area contributed by atoms with E-state index in [9.17, 15) is 4.79 Å². The topological polar surface area (TPSA) is 63.2 Å². The summed E-state index contributed by atoms with van der Waals surface area (Å²) in [6.07, 6.45) is 0.840. The Morgan fingerprint density at radius 1 is 1.17 bits per heavy atom. The van der Waals surface area contributed by atoms with Crippen LogP contribution in [0.3, 0.4) is 0 Å². The van der Waals surface area contributed by atoms with E-state index in [0.717, 1.165) is 49.7 Å². The normalized spacial score (nSPS) is 16.9. The number of nitrogens with one attached hydrogen (secondary N) is 2. The molecule has 0 saturated carbocycles. The summed E-state index contributed by atoms with van der Waals surface area (Å²) >= 11 is 0. The maximum absolute atomic E-state index is 12.1. The van der Waals surface area contributed by atoms with Gasteiger partial charge in [0.1, 0.15) is 0 Å². The fourth-order valence-electron chi connectivity index (χ4n) is 3.73. The van der Waals surface area contributed by atoms with Crippen LogP contribution >= 0.6 is 0 Å². The van der Waals surface area contributed by atoms with E-state index in [-0.39, 0.29) is 5.91 Å². The van der Waals surface area contributed by atoms with E-state index in [1.807, 2.05) is 18.2 Å². The van der Waals surface area contributed by atoms with Crippen molar-refractivity contribution in [1.29, 1.82) is 0 Å². The fraction of sp³-hybridized carbons (Fsp3) is 0.652. The molecule has 1 amide bonds. The second-order valence-corrected chi connectivity index (χ2v) is 8.37. The minimum Gasteiger partial charge on any atom is -0.356 e. The third-order valence-corrected chi connectivity index (χ3v) is 5.61. The summed E-state index contributed by atoms with van der Waals surface area (Å²) < 4.78 is 0. The van der Waals surface area contributed by atoms with Crippen LogP contribution in [0.5, 0.6) is 0 Å². The summed E-state index contributed by atoms with van der Waals surface area (Å²) in [6, 6.07) is 7.84. The van der Waals surface area contributed by atoms with Crippen molar-refractivity contribution in [2.75, 3.05) is 73.5 Å². The van der Waals surface area contributed by atoms with Crippen molar-refractivity contribution >= 4 is 11.9 Å². The average Bonchev–Trinajstić information content (AvgIpc) is 2.76. The molecule has 1 saturated heterocycles. The van der Waals surface area contributed by atoms with E-state index >= 15 is 0 Å². The zero-order valence-corrected chi connectivity index (χ0v) is 19.4. The minimum absolute atomic E-state index is 0.0346. The molecule has 7 nitrogen and oxygen atoms in total. The molecule has 0 spiro atoms. The van der Waals surface area contributed by atoms with Gasteiger partial charge in [0.15, 0.2) is 5.96 Å². The summed E-state index contributed by atoms with van der Waals surface area (Å²) in [5.41, 5.74) is 1.87. The summed E-state index contributed by atoms with van der Waals surface area (Å²) in [4.78, 5) is 23.1. The number of benzene rings is 1. The Balaban J connectivity index is 1.70. The van der Waals surface area contributed by atoms with Crippen molar-refractivity contribution in [3.05, 3.63) is 35.4 Å². The van der Waals surface area contributed by atoms with Crippen molar-refractivity contribution in [3.8, 4) is 0 Å². The highest BCUT2D eigenvalue weighted by atomic mass is 16.2. The van der Waals surface area contributed by atoms with E-state index in [1.165, 1.54) is 26.2 Å². The van der Waals surface area contributed by atoms with E-state index in [0.29, 0.717) is 5.92 Å². The molecule has 1 aromatic carbocycles. The van der Waals surface area contributed by atoms with Crippen LogP contribution in [0.25, 0.3) is 0 Å². The van der Waals surface area contributed by atoms with E-state index < -0.39 is 0 Å². The second-order valence-electron chi connectivity index (χ2n) is 8.37. The first-order chi connectivity index (χ1) is 14.4. The first-order valence-electron chi connectivity index (χ1n) is 11.1. The number of likely N-dealkylation sites (N-methyl/N-ethyl adjacent to an activating group) is 1. The Morgan fingerprint density at radius 3 is 2.50 bits per heavy atom. The predicted octanol–water partition coefficient (Wildman–Crippen LogP) is 1.37. The molecule has 1 heterocycles. The van der Waals surface area contributed by atoms with Gasteiger partial charge in [0, 0.05) is 72.5 Å². The Hall–Kier alpha value is -2.12. The maximum Gasteiger partial charge on any atom is 0.253 e. The Labute approximate surface area is 182 Å². The van der Waals surface area contributed by atoms with E-state index in [1.54, 1.807) is 26.0 Å². The molecule has 0 bridgehead atoms. The summed E-state index contributed by atoms with van der Waals surface area (Å²) in [5.74, 6) is 1.43. The summed E-state index contributed by atoms with van der Waals surface area (Å²) in [5, 5.41) is 6.84. The largest absolute Gasteiger partial charge is 0.356 e. The van der Waals surface area contributed by atoms with Crippen molar-refractivity contribution < 1.29 is 4.79 Å². The monoisotopic (exact) mass is 416 g/mol. The number of piperazine rings is 1. The van der Waals surface area contributed by atoms with Crippen LogP contribution in [-0.4, -0.2) is 100 Å². The van der Waals surface area contributed by atoms with Gasteiger partial charge in [-0.15, -0.1) is 0 Å². The van der Waals surface area contributed by atoms with Gasteiger partial charge in [-0.05, 0) is 36.6 Å². The predicted molar refractivity (Wildman–Crippen MR) is 125 cm³/mol. The van der Waals surface area contributed by atoms with E-state index in [2.05, 4.69) is 45.3 Å². The highest BCUT2D eigenvalue weighted by Gasteiger charge is 2.17. The molecule has 7 heteroatoms. The van der Waals surface area contributed by atoms with Crippen LogP contribution < -0.4 is 10.6 Å². The lowest BCUT2D eigenvalue weighted by atomic mass is 10.1. The molecular formula is C23H40N6O. The standard InChI is InChI=1S/C23H40N6O/c1-6-28-12-14-29(15-13-28)18-19(2)17-26-23(24-3)25-11-10-20-8-7-9-21(16-20)22(30)27(4)5/h7-9,16,19H,6,10-15,17-18H2,1-5H3,(H2,24,25,26). The zero-order chi connectivity index (χ0) is 21.9. The van der Waals surface area contributed by atoms with Crippen LogP contribution in [0.4, 0.5) is 0 Å². The molecule has 2 N–H and O–H groups in total. The van der Waals surface area contributed by atoms with Gasteiger partial charge in [0.25, 0.3) is 5.91 Å². The first-order valence-corrected chi connectivity index (χ1v) is 11.1. The third kappa shape index (κ3) is 7.95. The quantitative estimate of drug-likeness (QED) is 0.470. The van der Waals surface area contributed by atoms with Crippen LogP contribution in [-0.2, 0) is 6.42 Å². The highest BCUT2D eigenvalue weighted by molar-refractivity contribution is 5.94. The fourth-order valence-corrected chi connectivity index (χ4v) is 3.73. The van der Waals surface area contributed by atoms with E-state index in [4.69, 9.17) is 0 Å². The number of aliphatic imine (C=N–C) groups is 1. The molecule has 1 aliphatic heterocycles. The van der Waals surface area contributed by atoms with Crippen molar-refractivity contribution in [2.24, 2.45) is 10.9 Å². The molecular weight excluding hydrogens is 376 g/mol. The van der Waals surface area contributed by atoms with Crippen LogP contribution in [0.1, 0.15) is 29.8 Å². The number of nitrogens with zero attached hydrogens (tertiary/aromatic N) is 4. The van der Waals surface area contributed by atoms with Gasteiger partial charge in [0.2, 0.25) is 0 Å². The van der Waals surface area contributed by atoms with Gasteiger partial charge in [-0.3, -0.25) is 9.79 Å². The van der Waals surface area contributed by atoms with Gasteiger partial charge in [-0.1, -0.05) is 26.0 Å². The Morgan fingerprint density at radius 2 is 1.87 bits per heavy atom. The molecule has 1 unspecified atom stereocenters. The van der Waals surface area contributed by atoms with Gasteiger partial charge in [-0.2, -0.15) is 0 Å². The van der Waals surface area contributed by atoms with Gasteiger partial charge >= 0.3 is 0 Å². The van der Waals surface area contributed by atoms with Crippen molar-refractivity contribution in [2.45, 2.75) is 20.3 Å². The second kappa shape index (κ2) is 12.5. The summed E-state index contributed by atoms with van der Waals surface area (Å²) in [7, 11) is 5.36. The minimum atomic E-state index is 0.0346. The molecule has 30 heavy (non-hydrogen) atoms. The summed E-state index contributed by atoms with van der Waals surface area (Å²) in [6.45, 7) is 13.2. The molecule has 1 aliphatic rings. The molecule has 1 fully saturated rings. The molecule has 0 aliphatic carbocycles. The first kappa shape index (κ1) is 24.2. The molecule has 0 radical (unpaired) electrons. The maximum atomic E-state index is 12.1. The number of hydrogen-bond donors (Lipinski definition) is 2. The zero-order valence-electron chi connectivity index (χ0n) is 19.4. The van der Waals surface area contributed by atoms with Crippen LogP contribution in [0, 0.1) is 5.92 Å². The highest BCUT2D eigenvalue weighted by Crippen LogP contribution is 2.08. The van der Waals surface area contributed by atoms with Crippen LogP contribution in [0.15, 0.2) is 29.3 Å². The third-order valence-electron chi connectivity index (χ3n) is 5.61. The lowest BCUT2D eigenvalue weighted by molar-refractivity contribution is 0.0827. The Kier molecular flexibility index (Phi) is 10.1. The number of hydrogen-bond acceptors (Lipinski definition) is 4. The van der Waals surface area contributed by atoms with Gasteiger partial charge < -0.3 is 25.3 Å². The molecule has 1 atom stereocenters. The molecule has 1 aromatic rings. The van der Waals surface area contributed by atoms with Crippen molar-refractivity contribution in [3.63, 3.8) is 0 Å². The SMILES string of the molecule is CCN1CCN(CC(C)CNC(=NC)NCCc2cccc(C(=O)N(C)C)c2)CC1.